The molecular formula is C15H19IN4O2. The molecule has 0 spiro atoms. The lowest BCUT2D eigenvalue weighted by molar-refractivity contribution is -0.125. The van der Waals surface area contributed by atoms with E-state index in [1.165, 1.54) is 0 Å². The number of pyridine rings is 1. The molecule has 118 valence electrons. The van der Waals surface area contributed by atoms with Gasteiger partial charge in [0, 0.05) is 5.92 Å². The first-order valence-corrected chi connectivity index (χ1v) is 8.48. The number of carbonyl (C=O) groups is 1. The van der Waals surface area contributed by atoms with Crippen LogP contribution in [0.15, 0.2) is 12.1 Å². The molecule has 2 aromatic rings. The van der Waals surface area contributed by atoms with Crippen molar-refractivity contribution in [3.63, 3.8) is 0 Å². The van der Waals surface area contributed by atoms with Crippen molar-refractivity contribution in [1.82, 2.24) is 19.9 Å². The molecule has 2 heterocycles. The van der Waals surface area contributed by atoms with E-state index >= 15 is 0 Å². The fourth-order valence-electron chi connectivity index (χ4n) is 2.36. The Hall–Kier alpha value is -1.38. The standard InChI is InChI=1S/C15H19IN4O2/c1-8(2)15(21)17-12(9-4-5-9)13-18-14-10(22-3)6-7-11(16)20(14)19-13/h6-9,12H,4-5H2,1-3H3,(H,17,21). The molecule has 0 aromatic carbocycles. The highest BCUT2D eigenvalue weighted by Crippen LogP contribution is 2.40. The van der Waals surface area contributed by atoms with Crippen molar-refractivity contribution in [3.8, 4) is 5.75 Å². The number of nitrogens with zero attached hydrogens (tertiary/aromatic N) is 3. The van der Waals surface area contributed by atoms with Crippen LogP contribution in [0.5, 0.6) is 5.75 Å². The predicted molar refractivity (Wildman–Crippen MR) is 90.7 cm³/mol. The summed E-state index contributed by atoms with van der Waals surface area (Å²) in [5.74, 6) is 1.77. The van der Waals surface area contributed by atoms with Crippen LogP contribution in [0.2, 0.25) is 0 Å². The Morgan fingerprint density at radius 3 is 2.77 bits per heavy atom. The van der Waals surface area contributed by atoms with Crippen molar-refractivity contribution in [1.29, 1.82) is 0 Å². The molecule has 2 aromatic heterocycles. The molecule has 1 unspecified atom stereocenters. The van der Waals surface area contributed by atoms with E-state index in [2.05, 4.69) is 38.0 Å². The van der Waals surface area contributed by atoms with Gasteiger partial charge in [0.2, 0.25) is 5.91 Å². The van der Waals surface area contributed by atoms with Gasteiger partial charge in [-0.25, -0.2) is 9.50 Å². The van der Waals surface area contributed by atoms with E-state index in [4.69, 9.17) is 4.74 Å². The van der Waals surface area contributed by atoms with Crippen LogP contribution in [0.3, 0.4) is 0 Å². The lowest BCUT2D eigenvalue weighted by Gasteiger charge is -2.16. The maximum atomic E-state index is 12.1. The van der Waals surface area contributed by atoms with Gasteiger partial charge in [-0.1, -0.05) is 13.8 Å². The second-order valence-corrected chi connectivity index (χ2v) is 7.01. The smallest absolute Gasteiger partial charge is 0.223 e. The fraction of sp³-hybridized carbons (Fsp3) is 0.533. The summed E-state index contributed by atoms with van der Waals surface area (Å²) in [5.41, 5.74) is 0.689. The topological polar surface area (TPSA) is 68.5 Å². The Kier molecular flexibility index (Phi) is 4.24. The first kappa shape index (κ1) is 15.5. The third kappa shape index (κ3) is 2.90. The van der Waals surface area contributed by atoms with Crippen LogP contribution in [0.1, 0.15) is 38.6 Å². The molecule has 1 fully saturated rings. The number of aromatic nitrogens is 3. The molecule has 7 heteroatoms. The predicted octanol–water partition coefficient (Wildman–Crippen LogP) is 2.57. The molecule has 1 atom stereocenters. The molecule has 1 amide bonds. The van der Waals surface area contributed by atoms with Gasteiger partial charge in [0.25, 0.3) is 0 Å². The van der Waals surface area contributed by atoms with Gasteiger partial charge in [0.1, 0.15) is 3.70 Å². The Morgan fingerprint density at radius 2 is 2.18 bits per heavy atom. The summed E-state index contributed by atoms with van der Waals surface area (Å²) in [6.45, 7) is 3.78. The Morgan fingerprint density at radius 1 is 1.45 bits per heavy atom. The minimum Gasteiger partial charge on any atom is -0.493 e. The number of hydrogen-bond acceptors (Lipinski definition) is 4. The van der Waals surface area contributed by atoms with Crippen molar-refractivity contribution < 1.29 is 9.53 Å². The van der Waals surface area contributed by atoms with Gasteiger partial charge in [-0.05, 0) is 53.5 Å². The van der Waals surface area contributed by atoms with Crippen molar-refractivity contribution in [2.45, 2.75) is 32.7 Å². The molecule has 22 heavy (non-hydrogen) atoms. The first-order chi connectivity index (χ1) is 10.5. The van der Waals surface area contributed by atoms with E-state index in [1.54, 1.807) is 11.6 Å². The van der Waals surface area contributed by atoms with Crippen LogP contribution in [0, 0.1) is 15.5 Å². The number of methoxy groups -OCH3 is 1. The molecule has 0 radical (unpaired) electrons. The van der Waals surface area contributed by atoms with Gasteiger partial charge >= 0.3 is 0 Å². The summed E-state index contributed by atoms with van der Waals surface area (Å²) >= 11 is 2.21. The Balaban J connectivity index is 1.99. The summed E-state index contributed by atoms with van der Waals surface area (Å²) in [7, 11) is 1.62. The number of rotatable bonds is 5. The van der Waals surface area contributed by atoms with Crippen molar-refractivity contribution in [2.24, 2.45) is 11.8 Å². The number of carbonyl (C=O) groups excluding carboxylic acids is 1. The van der Waals surface area contributed by atoms with Crippen LogP contribution in [0.4, 0.5) is 0 Å². The Labute approximate surface area is 142 Å². The molecule has 6 nitrogen and oxygen atoms in total. The van der Waals surface area contributed by atoms with E-state index in [1.807, 2.05) is 26.0 Å². The third-order valence-electron chi connectivity index (χ3n) is 3.83. The van der Waals surface area contributed by atoms with Gasteiger partial charge in [-0.2, -0.15) is 0 Å². The molecule has 0 bridgehead atoms. The molecule has 1 saturated carbocycles. The van der Waals surface area contributed by atoms with Gasteiger partial charge in [-0.15, -0.1) is 5.10 Å². The zero-order valence-corrected chi connectivity index (χ0v) is 15.0. The fourth-order valence-corrected chi connectivity index (χ4v) is 2.88. The minimum absolute atomic E-state index is 0.0393. The van der Waals surface area contributed by atoms with E-state index in [0.29, 0.717) is 23.1 Å². The Bertz CT molecular complexity index is 709. The van der Waals surface area contributed by atoms with Crippen molar-refractivity contribution in [3.05, 3.63) is 21.7 Å². The summed E-state index contributed by atoms with van der Waals surface area (Å²) in [5, 5.41) is 7.69. The maximum Gasteiger partial charge on any atom is 0.223 e. The van der Waals surface area contributed by atoms with Gasteiger partial charge in [0.05, 0.1) is 13.2 Å². The van der Waals surface area contributed by atoms with Crippen LogP contribution >= 0.6 is 22.6 Å². The second-order valence-electron chi connectivity index (χ2n) is 5.91. The lowest BCUT2D eigenvalue weighted by Crippen LogP contribution is -2.33. The van der Waals surface area contributed by atoms with Crippen LogP contribution < -0.4 is 10.1 Å². The number of fused-ring (bicyclic) bond motifs is 1. The number of ether oxygens (including phenoxy) is 1. The van der Waals surface area contributed by atoms with Crippen LogP contribution in [-0.2, 0) is 4.79 Å². The molecule has 0 aliphatic heterocycles. The van der Waals surface area contributed by atoms with Gasteiger partial charge in [-0.3, -0.25) is 4.79 Å². The second kappa shape index (κ2) is 6.02. The lowest BCUT2D eigenvalue weighted by atomic mass is 10.1. The average molecular weight is 414 g/mol. The van der Waals surface area contributed by atoms with E-state index in [0.717, 1.165) is 16.5 Å². The van der Waals surface area contributed by atoms with Gasteiger partial charge < -0.3 is 10.1 Å². The summed E-state index contributed by atoms with van der Waals surface area (Å²) in [4.78, 5) is 16.7. The molecular weight excluding hydrogens is 395 g/mol. The summed E-state index contributed by atoms with van der Waals surface area (Å²) < 4.78 is 8.08. The molecule has 3 rings (SSSR count). The number of nitrogens with one attached hydrogen (secondary N) is 1. The zero-order chi connectivity index (χ0) is 15.9. The normalized spacial score (nSPS) is 16.0. The molecule has 0 saturated heterocycles. The highest BCUT2D eigenvalue weighted by molar-refractivity contribution is 14.1. The number of halogens is 1. The first-order valence-electron chi connectivity index (χ1n) is 7.40. The molecule has 1 aliphatic carbocycles. The van der Waals surface area contributed by atoms with Crippen molar-refractivity contribution >= 4 is 34.1 Å². The monoisotopic (exact) mass is 414 g/mol. The SMILES string of the molecule is COc1ccc(I)n2nc(C(NC(=O)C(C)C)C3CC3)nc12. The highest BCUT2D eigenvalue weighted by Gasteiger charge is 2.36. The van der Waals surface area contributed by atoms with E-state index in [9.17, 15) is 4.79 Å². The number of hydrogen-bond donors (Lipinski definition) is 1. The summed E-state index contributed by atoms with van der Waals surface area (Å²) in [6.07, 6.45) is 2.21. The zero-order valence-electron chi connectivity index (χ0n) is 12.8. The molecule has 1 aliphatic rings. The van der Waals surface area contributed by atoms with E-state index < -0.39 is 0 Å². The largest absolute Gasteiger partial charge is 0.493 e. The van der Waals surface area contributed by atoms with Crippen LogP contribution in [-0.4, -0.2) is 27.6 Å². The maximum absolute atomic E-state index is 12.1. The third-order valence-corrected chi connectivity index (χ3v) is 4.65. The summed E-state index contributed by atoms with van der Waals surface area (Å²) in [6, 6.07) is 3.70. The van der Waals surface area contributed by atoms with E-state index in [-0.39, 0.29) is 17.9 Å². The highest BCUT2D eigenvalue weighted by atomic mass is 127. The quantitative estimate of drug-likeness (QED) is 0.604. The van der Waals surface area contributed by atoms with Gasteiger partial charge in [0.15, 0.2) is 17.2 Å². The average Bonchev–Trinajstić information content (AvgIpc) is 3.23. The molecule has 1 N–H and O–H groups in total. The van der Waals surface area contributed by atoms with Crippen molar-refractivity contribution in [2.75, 3.05) is 7.11 Å². The number of amides is 1. The van der Waals surface area contributed by atoms with Crippen LogP contribution in [0.25, 0.3) is 5.65 Å². The minimum atomic E-state index is -0.115.